The van der Waals surface area contributed by atoms with Gasteiger partial charge >= 0.3 is 5.97 Å². The molecular formula is C19H30ClNO4S. The Balaban J connectivity index is 2.65. The molecule has 0 saturated heterocycles. The smallest absolute Gasteiger partial charge is 0.338 e. The van der Waals surface area contributed by atoms with Gasteiger partial charge in [0.15, 0.2) is 0 Å². The zero-order valence-electron chi connectivity index (χ0n) is 15.7. The minimum atomic E-state index is -3.53. The summed E-state index contributed by atoms with van der Waals surface area (Å²) in [6.45, 7) is 5.25. The van der Waals surface area contributed by atoms with Gasteiger partial charge in [0.25, 0.3) is 0 Å². The Bertz CT molecular complexity index is 625. The van der Waals surface area contributed by atoms with Crippen molar-refractivity contribution in [2.24, 2.45) is 0 Å². The Morgan fingerprint density at radius 2 is 1.58 bits per heavy atom. The van der Waals surface area contributed by atoms with E-state index in [0.717, 1.165) is 38.5 Å². The number of unbranched alkanes of at least 4 members (excludes halogenated alkanes) is 3. The van der Waals surface area contributed by atoms with Gasteiger partial charge in [-0.05, 0) is 49.9 Å². The highest BCUT2D eigenvalue weighted by molar-refractivity contribution is 7.89. The number of rotatable bonds is 13. The second-order valence-electron chi connectivity index (χ2n) is 6.17. The molecule has 0 aromatic heterocycles. The monoisotopic (exact) mass is 403 g/mol. The molecule has 1 aromatic rings. The van der Waals surface area contributed by atoms with Gasteiger partial charge in [-0.2, -0.15) is 4.31 Å². The molecule has 0 aliphatic rings. The number of alkyl halides is 1. The number of nitrogens with zero attached hydrogens (tertiary/aromatic N) is 1. The first-order chi connectivity index (χ1) is 12.5. The van der Waals surface area contributed by atoms with Gasteiger partial charge in [-0.3, -0.25) is 0 Å². The zero-order valence-corrected chi connectivity index (χ0v) is 17.3. The lowest BCUT2D eigenvalue weighted by molar-refractivity contribution is 0.0497. The Morgan fingerprint density at radius 1 is 1.00 bits per heavy atom. The average Bonchev–Trinajstić information content (AvgIpc) is 2.64. The van der Waals surface area contributed by atoms with Crippen molar-refractivity contribution in [3.63, 3.8) is 0 Å². The van der Waals surface area contributed by atoms with Crippen LogP contribution in [0.25, 0.3) is 0 Å². The Kier molecular flexibility index (Phi) is 10.9. The van der Waals surface area contributed by atoms with Crippen LogP contribution in [-0.4, -0.2) is 44.3 Å². The highest BCUT2D eigenvalue weighted by Crippen LogP contribution is 2.18. The molecule has 0 unspecified atom stereocenters. The summed E-state index contributed by atoms with van der Waals surface area (Å²) in [6.07, 6.45) is 5.29. The highest BCUT2D eigenvalue weighted by atomic mass is 35.5. The van der Waals surface area contributed by atoms with Crippen LogP contribution in [0.2, 0.25) is 0 Å². The molecule has 7 heteroatoms. The number of carbonyl (C=O) groups excluding carboxylic acids is 1. The molecule has 0 N–H and O–H groups in total. The Labute approximate surface area is 162 Å². The van der Waals surface area contributed by atoms with Crippen LogP contribution in [0.15, 0.2) is 29.2 Å². The van der Waals surface area contributed by atoms with Crippen molar-refractivity contribution in [2.45, 2.75) is 57.3 Å². The van der Waals surface area contributed by atoms with Crippen LogP contribution in [0.3, 0.4) is 0 Å². The summed E-state index contributed by atoms with van der Waals surface area (Å²) >= 11 is 5.61. The lowest BCUT2D eigenvalue weighted by Crippen LogP contribution is -2.32. The van der Waals surface area contributed by atoms with Crippen molar-refractivity contribution in [1.82, 2.24) is 4.31 Å². The fraction of sp³-hybridized carbons (Fsp3) is 0.632. The predicted octanol–water partition coefficient (Wildman–Crippen LogP) is 4.45. The molecule has 0 bridgehead atoms. The van der Waals surface area contributed by atoms with Gasteiger partial charge in [-0.15, -0.1) is 11.6 Å². The maximum absolute atomic E-state index is 12.7. The second kappa shape index (κ2) is 12.3. The van der Waals surface area contributed by atoms with E-state index in [1.165, 1.54) is 28.6 Å². The van der Waals surface area contributed by atoms with Gasteiger partial charge in [-0.25, -0.2) is 13.2 Å². The third kappa shape index (κ3) is 7.25. The summed E-state index contributed by atoms with van der Waals surface area (Å²) in [6, 6.07) is 5.98. The van der Waals surface area contributed by atoms with Gasteiger partial charge in [0, 0.05) is 19.0 Å². The van der Waals surface area contributed by atoms with Crippen molar-refractivity contribution in [3.05, 3.63) is 29.8 Å². The lowest BCUT2D eigenvalue weighted by atomic mass is 10.2. The van der Waals surface area contributed by atoms with Crippen molar-refractivity contribution in [3.8, 4) is 0 Å². The maximum Gasteiger partial charge on any atom is 0.338 e. The summed E-state index contributed by atoms with van der Waals surface area (Å²) in [7, 11) is -3.53. The van der Waals surface area contributed by atoms with Crippen LogP contribution < -0.4 is 0 Å². The number of esters is 1. The van der Waals surface area contributed by atoms with E-state index >= 15 is 0 Å². The number of halogens is 1. The van der Waals surface area contributed by atoms with Crippen LogP contribution in [0.1, 0.15) is 62.7 Å². The Morgan fingerprint density at radius 3 is 2.12 bits per heavy atom. The number of hydrogen-bond donors (Lipinski definition) is 0. The number of carbonyl (C=O) groups is 1. The Hall–Kier alpha value is -1.11. The molecule has 1 rings (SSSR count). The number of hydrogen-bond acceptors (Lipinski definition) is 4. The van der Waals surface area contributed by atoms with Gasteiger partial charge in [0.1, 0.15) is 0 Å². The third-order valence-electron chi connectivity index (χ3n) is 3.93. The molecule has 26 heavy (non-hydrogen) atoms. The molecule has 0 heterocycles. The predicted molar refractivity (Wildman–Crippen MR) is 105 cm³/mol. The van der Waals surface area contributed by atoms with Gasteiger partial charge in [0.05, 0.1) is 17.1 Å². The highest BCUT2D eigenvalue weighted by Gasteiger charge is 2.23. The normalized spacial score (nSPS) is 11.7. The summed E-state index contributed by atoms with van der Waals surface area (Å²) in [5.74, 6) is 0.230. The fourth-order valence-corrected chi connectivity index (χ4v) is 4.37. The van der Waals surface area contributed by atoms with E-state index in [0.29, 0.717) is 31.1 Å². The third-order valence-corrected chi connectivity index (χ3v) is 6.12. The molecule has 0 spiro atoms. The van der Waals surface area contributed by atoms with Crippen molar-refractivity contribution >= 4 is 27.6 Å². The zero-order chi connectivity index (χ0) is 19.4. The molecule has 0 atom stereocenters. The van der Waals surface area contributed by atoms with Crippen molar-refractivity contribution in [1.29, 1.82) is 0 Å². The van der Waals surface area contributed by atoms with E-state index in [1.807, 2.05) is 13.8 Å². The van der Waals surface area contributed by atoms with E-state index < -0.39 is 16.0 Å². The van der Waals surface area contributed by atoms with E-state index in [2.05, 4.69) is 0 Å². The van der Waals surface area contributed by atoms with E-state index in [4.69, 9.17) is 16.3 Å². The summed E-state index contributed by atoms with van der Waals surface area (Å²) in [4.78, 5) is 12.2. The molecule has 0 fully saturated rings. The van der Waals surface area contributed by atoms with E-state index in [1.54, 1.807) is 0 Å². The van der Waals surface area contributed by atoms with E-state index in [9.17, 15) is 13.2 Å². The minimum absolute atomic E-state index is 0.206. The second-order valence-corrected chi connectivity index (χ2v) is 8.48. The number of sulfonamides is 1. The summed E-state index contributed by atoms with van der Waals surface area (Å²) in [5.41, 5.74) is 0.363. The van der Waals surface area contributed by atoms with Crippen molar-refractivity contribution in [2.75, 3.05) is 25.6 Å². The molecule has 0 aliphatic carbocycles. The van der Waals surface area contributed by atoms with Crippen LogP contribution in [0.4, 0.5) is 0 Å². The molecule has 1 aromatic carbocycles. The topological polar surface area (TPSA) is 63.7 Å². The quantitative estimate of drug-likeness (QED) is 0.277. The largest absolute Gasteiger partial charge is 0.462 e. The van der Waals surface area contributed by atoms with Crippen LogP contribution in [-0.2, 0) is 14.8 Å². The number of ether oxygens (including phenoxy) is 1. The SMILES string of the molecule is CCCN(CCC)S(=O)(=O)c1ccc(C(=O)OCCCCCCCl)cc1. The first-order valence-electron chi connectivity index (χ1n) is 9.30. The molecule has 0 radical (unpaired) electrons. The molecular weight excluding hydrogens is 374 g/mol. The standard InChI is InChI=1S/C19H30ClNO4S/c1-3-14-21(15-4-2)26(23,24)18-11-9-17(10-12-18)19(22)25-16-8-6-5-7-13-20/h9-12H,3-8,13-16H2,1-2H3. The van der Waals surface area contributed by atoms with E-state index in [-0.39, 0.29) is 4.90 Å². The van der Waals surface area contributed by atoms with Crippen LogP contribution in [0, 0.1) is 0 Å². The van der Waals surface area contributed by atoms with Gasteiger partial charge in [0.2, 0.25) is 10.0 Å². The molecule has 0 amide bonds. The lowest BCUT2D eigenvalue weighted by Gasteiger charge is -2.21. The molecule has 5 nitrogen and oxygen atoms in total. The first kappa shape index (κ1) is 22.9. The molecule has 0 saturated carbocycles. The van der Waals surface area contributed by atoms with Gasteiger partial charge < -0.3 is 4.74 Å². The molecule has 0 aliphatic heterocycles. The number of benzene rings is 1. The average molecular weight is 404 g/mol. The van der Waals surface area contributed by atoms with Crippen molar-refractivity contribution < 1.29 is 17.9 Å². The maximum atomic E-state index is 12.7. The van der Waals surface area contributed by atoms with Crippen LogP contribution in [0.5, 0.6) is 0 Å². The summed E-state index contributed by atoms with van der Waals surface area (Å²) in [5, 5.41) is 0. The minimum Gasteiger partial charge on any atom is -0.462 e. The van der Waals surface area contributed by atoms with Crippen LogP contribution >= 0.6 is 11.6 Å². The summed E-state index contributed by atoms with van der Waals surface area (Å²) < 4.78 is 32.1. The fourth-order valence-electron chi connectivity index (χ4n) is 2.56. The first-order valence-corrected chi connectivity index (χ1v) is 11.3. The molecule has 148 valence electrons. The van der Waals surface area contributed by atoms with Gasteiger partial charge in [-0.1, -0.05) is 26.7 Å².